The molecule has 2 aliphatic heterocycles. The van der Waals surface area contributed by atoms with E-state index in [1.165, 1.54) is 59.1 Å². The third kappa shape index (κ3) is 4.58. The molecule has 0 bridgehead atoms. The Morgan fingerprint density at radius 3 is 2.58 bits per heavy atom. The van der Waals surface area contributed by atoms with Gasteiger partial charge in [0.05, 0.1) is 30.7 Å². The van der Waals surface area contributed by atoms with Gasteiger partial charge in [0.15, 0.2) is 0 Å². The van der Waals surface area contributed by atoms with Gasteiger partial charge in [0.2, 0.25) is 0 Å². The number of hydrogen-bond acceptors (Lipinski definition) is 4. The van der Waals surface area contributed by atoms with E-state index in [4.69, 9.17) is 4.74 Å². The summed E-state index contributed by atoms with van der Waals surface area (Å²) in [4.78, 5) is 0. The lowest BCUT2D eigenvalue weighted by Crippen LogP contribution is -2.66. The molecule has 9 rings (SSSR count). The molecule has 0 aromatic heterocycles. The summed E-state index contributed by atoms with van der Waals surface area (Å²) in [5.41, 5.74) is 10.1. The molecule has 2 aromatic carbocycles. The predicted octanol–water partition coefficient (Wildman–Crippen LogP) is 7.07. The average Bonchev–Trinajstić information content (AvgIpc) is 3.47. The summed E-state index contributed by atoms with van der Waals surface area (Å²) >= 11 is 0. The van der Waals surface area contributed by atoms with Gasteiger partial charge in [0.25, 0.3) is 0 Å². The maximum Gasteiger partial charge on any atom is 0.0862 e. The van der Waals surface area contributed by atoms with Crippen LogP contribution in [-0.4, -0.2) is 24.5 Å². The third-order valence-electron chi connectivity index (χ3n) is 11.1. The zero-order valence-corrected chi connectivity index (χ0v) is 24.7. The van der Waals surface area contributed by atoms with Crippen LogP contribution < -0.4 is 16.0 Å². The van der Waals surface area contributed by atoms with Gasteiger partial charge < -0.3 is 4.74 Å². The fourth-order valence-electron chi connectivity index (χ4n) is 8.97. The highest BCUT2D eigenvalue weighted by Crippen LogP contribution is 2.50. The smallest absolute Gasteiger partial charge is 0.0862 e. The molecule has 2 heterocycles. The zero-order valence-electron chi connectivity index (χ0n) is 24.7. The van der Waals surface area contributed by atoms with Crippen molar-refractivity contribution in [1.82, 2.24) is 16.0 Å². The third-order valence-corrected chi connectivity index (χ3v) is 11.1. The number of benzene rings is 2. The molecular formula is C39H41N3O. The Labute approximate surface area is 255 Å². The predicted molar refractivity (Wildman–Crippen MR) is 174 cm³/mol. The van der Waals surface area contributed by atoms with E-state index in [0.717, 1.165) is 18.8 Å². The van der Waals surface area contributed by atoms with Gasteiger partial charge in [-0.05, 0) is 83.4 Å². The molecule has 218 valence electrons. The van der Waals surface area contributed by atoms with Crippen LogP contribution >= 0.6 is 0 Å². The standard InChI is InChI=1S/C39H41N3O/c1-2-9-26(10-3-1)37-40-38(29-17-14-24-8-4-5-11-27(24)22-29)42-39(41-37)30-18-20-31-28(23-30)16-15-25-19-21-34-36(35(25)31)32-12-6-7-13-33(32)43-34/h1-3,5-7,9-13,15-16,19,21-24,29,32-34,36-42H,4,8,14,17-18,20H2. The molecule has 9 atom stereocenters. The molecule has 5 aliphatic carbocycles. The highest BCUT2D eigenvalue weighted by Gasteiger charge is 2.46. The first-order valence-corrected chi connectivity index (χ1v) is 16.5. The molecule has 0 spiro atoms. The molecule has 2 aromatic rings. The highest BCUT2D eigenvalue weighted by molar-refractivity contribution is 5.70. The maximum atomic E-state index is 6.51. The van der Waals surface area contributed by atoms with Crippen LogP contribution in [0.4, 0.5) is 0 Å². The minimum Gasteiger partial charge on any atom is -0.366 e. The zero-order chi connectivity index (χ0) is 28.3. The van der Waals surface area contributed by atoms with Gasteiger partial charge in [-0.3, -0.25) is 16.0 Å². The van der Waals surface area contributed by atoms with Crippen molar-refractivity contribution in [2.24, 2.45) is 17.8 Å². The van der Waals surface area contributed by atoms with E-state index in [-0.39, 0.29) is 30.7 Å². The van der Waals surface area contributed by atoms with Crippen LogP contribution in [0.15, 0.2) is 102 Å². The van der Waals surface area contributed by atoms with Crippen molar-refractivity contribution in [3.63, 3.8) is 0 Å². The fraction of sp³-hybridized carbons (Fsp3) is 0.385. The summed E-state index contributed by atoms with van der Waals surface area (Å²) in [5.74, 6) is 2.04. The number of rotatable bonds is 3. The van der Waals surface area contributed by atoms with E-state index in [2.05, 4.69) is 119 Å². The van der Waals surface area contributed by atoms with Crippen molar-refractivity contribution in [2.45, 2.75) is 75.1 Å². The Balaban J connectivity index is 1.05. The van der Waals surface area contributed by atoms with Gasteiger partial charge in [0, 0.05) is 17.8 Å². The Morgan fingerprint density at radius 1 is 0.744 bits per heavy atom. The molecule has 2 saturated heterocycles. The number of hydrogen-bond donors (Lipinski definition) is 3. The largest absolute Gasteiger partial charge is 0.366 e. The van der Waals surface area contributed by atoms with Crippen molar-refractivity contribution in [2.75, 3.05) is 0 Å². The van der Waals surface area contributed by atoms with Gasteiger partial charge in [-0.2, -0.15) is 0 Å². The van der Waals surface area contributed by atoms with Crippen LogP contribution in [-0.2, 0) is 11.2 Å². The topological polar surface area (TPSA) is 45.3 Å². The molecule has 7 aliphatic rings. The SMILES string of the molecule is C1=CC2OC3C=Cc4ccc5c(c4C3C2C=C1)CCC(C1NC(c2ccccc2)NC(C2C=C3C=CCCC3CC2)N1)=C5. The van der Waals surface area contributed by atoms with Gasteiger partial charge in [-0.25, -0.2) is 0 Å². The summed E-state index contributed by atoms with van der Waals surface area (Å²) in [6, 6.07) is 15.6. The molecule has 9 unspecified atom stereocenters. The molecule has 43 heavy (non-hydrogen) atoms. The molecule has 3 N–H and O–H groups in total. The first kappa shape index (κ1) is 26.2. The van der Waals surface area contributed by atoms with Crippen LogP contribution in [0.1, 0.15) is 72.0 Å². The number of nitrogens with one attached hydrogen (secondary N) is 3. The number of allylic oxidation sites excluding steroid dienone is 5. The van der Waals surface area contributed by atoms with Gasteiger partial charge >= 0.3 is 0 Å². The second-order valence-corrected chi connectivity index (χ2v) is 13.5. The van der Waals surface area contributed by atoms with Crippen molar-refractivity contribution in [1.29, 1.82) is 0 Å². The first-order valence-electron chi connectivity index (χ1n) is 16.5. The van der Waals surface area contributed by atoms with Crippen molar-refractivity contribution < 1.29 is 4.74 Å². The monoisotopic (exact) mass is 567 g/mol. The van der Waals surface area contributed by atoms with E-state index in [0.29, 0.717) is 17.8 Å². The van der Waals surface area contributed by atoms with E-state index in [1.54, 1.807) is 5.57 Å². The second-order valence-electron chi connectivity index (χ2n) is 13.5. The Bertz CT molecular complexity index is 1600. The minimum absolute atomic E-state index is 0.103. The Morgan fingerprint density at radius 2 is 1.63 bits per heavy atom. The molecule has 4 heteroatoms. The van der Waals surface area contributed by atoms with E-state index >= 15 is 0 Å². The highest BCUT2D eigenvalue weighted by atomic mass is 16.5. The van der Waals surface area contributed by atoms with E-state index in [9.17, 15) is 0 Å². The summed E-state index contributed by atoms with van der Waals surface area (Å²) in [6.07, 6.45) is 31.4. The molecule has 4 nitrogen and oxygen atoms in total. The molecule has 0 saturated carbocycles. The van der Waals surface area contributed by atoms with Crippen LogP contribution in [0, 0.1) is 17.8 Å². The van der Waals surface area contributed by atoms with Crippen molar-refractivity contribution in [3.8, 4) is 0 Å². The van der Waals surface area contributed by atoms with E-state index < -0.39 is 0 Å². The Kier molecular flexibility index (Phi) is 6.51. The van der Waals surface area contributed by atoms with Gasteiger partial charge in [-0.15, -0.1) is 0 Å². The van der Waals surface area contributed by atoms with Crippen molar-refractivity contribution >= 4 is 12.2 Å². The first-order chi connectivity index (χ1) is 21.3. The fourth-order valence-corrected chi connectivity index (χ4v) is 8.97. The molecule has 0 radical (unpaired) electrons. The molecule has 0 amide bonds. The number of ether oxygens (including phenoxy) is 1. The average molecular weight is 568 g/mol. The minimum atomic E-state index is 0.103. The maximum absolute atomic E-state index is 6.51. The van der Waals surface area contributed by atoms with Crippen LogP contribution in [0.3, 0.4) is 0 Å². The summed E-state index contributed by atoms with van der Waals surface area (Å²) in [7, 11) is 0. The normalized spacial score (nSPS) is 37.0. The summed E-state index contributed by atoms with van der Waals surface area (Å²) < 4.78 is 6.51. The summed E-state index contributed by atoms with van der Waals surface area (Å²) in [6.45, 7) is 0. The quantitative estimate of drug-likeness (QED) is 0.371. The van der Waals surface area contributed by atoms with Gasteiger partial charge in [-0.1, -0.05) is 103 Å². The Hall–Kier alpha value is -3.28. The molecule has 2 fully saturated rings. The van der Waals surface area contributed by atoms with E-state index in [1.807, 2.05) is 0 Å². The summed E-state index contributed by atoms with van der Waals surface area (Å²) in [5, 5.41) is 12.0. The lowest BCUT2D eigenvalue weighted by Gasteiger charge is -2.44. The molecular weight excluding hydrogens is 526 g/mol. The lowest BCUT2D eigenvalue weighted by atomic mass is 9.71. The van der Waals surface area contributed by atoms with Crippen LogP contribution in [0.2, 0.25) is 0 Å². The van der Waals surface area contributed by atoms with Crippen LogP contribution in [0.25, 0.3) is 12.2 Å². The second kappa shape index (κ2) is 10.7. The van der Waals surface area contributed by atoms with Crippen LogP contribution in [0.5, 0.6) is 0 Å². The number of fused-ring (bicyclic) bond motifs is 8. The lowest BCUT2D eigenvalue weighted by molar-refractivity contribution is 0.0905. The van der Waals surface area contributed by atoms with Gasteiger partial charge in [0.1, 0.15) is 0 Å². The van der Waals surface area contributed by atoms with Crippen molar-refractivity contribution in [3.05, 3.63) is 130 Å².